The van der Waals surface area contributed by atoms with Crippen molar-refractivity contribution >= 4 is 10.8 Å². The van der Waals surface area contributed by atoms with E-state index in [1.54, 1.807) is 30.3 Å². The Hall–Kier alpha value is -3.28. The van der Waals surface area contributed by atoms with Crippen molar-refractivity contribution in [3.05, 3.63) is 35.9 Å². The molecular formula is C17H14O6. The number of aromatic hydroxyl groups is 6. The zero-order valence-corrected chi connectivity index (χ0v) is 12.1. The minimum atomic E-state index is -0.701. The van der Waals surface area contributed by atoms with Gasteiger partial charge in [0.2, 0.25) is 0 Å². The normalized spacial score (nSPS) is 11.0. The quantitative estimate of drug-likeness (QED) is 0.303. The molecule has 0 aromatic heterocycles. The fraction of sp³-hybridized carbons (Fsp3) is 0.0588. The van der Waals surface area contributed by atoms with Crippen LogP contribution < -0.4 is 0 Å². The molecule has 0 unspecified atom stereocenters. The Morgan fingerprint density at radius 2 is 1.09 bits per heavy atom. The minimum Gasteiger partial charge on any atom is -0.507 e. The van der Waals surface area contributed by atoms with Crippen molar-refractivity contribution in [3.8, 4) is 45.6 Å². The first kappa shape index (κ1) is 14.6. The van der Waals surface area contributed by atoms with Gasteiger partial charge in [0.05, 0.1) is 16.3 Å². The zero-order valence-electron chi connectivity index (χ0n) is 12.1. The largest absolute Gasteiger partial charge is 0.507 e. The van der Waals surface area contributed by atoms with Crippen LogP contribution in [0.1, 0.15) is 5.56 Å². The van der Waals surface area contributed by atoms with Gasteiger partial charge in [0.25, 0.3) is 0 Å². The number of fused-ring (bicyclic) bond motifs is 1. The van der Waals surface area contributed by atoms with Gasteiger partial charge in [-0.3, -0.25) is 0 Å². The average molecular weight is 314 g/mol. The SMILES string of the molecule is Cc1c(O)c(O)c2c(O)c(-c3ccccc3)c(O)c(O)c2c1O. The Morgan fingerprint density at radius 1 is 0.565 bits per heavy atom. The molecule has 6 heteroatoms. The molecule has 0 saturated heterocycles. The lowest BCUT2D eigenvalue weighted by molar-refractivity contribution is 0.387. The van der Waals surface area contributed by atoms with Crippen molar-refractivity contribution < 1.29 is 30.6 Å². The van der Waals surface area contributed by atoms with Crippen LogP contribution in [0.4, 0.5) is 0 Å². The van der Waals surface area contributed by atoms with E-state index in [4.69, 9.17) is 0 Å². The summed E-state index contributed by atoms with van der Waals surface area (Å²) < 4.78 is 0. The molecule has 23 heavy (non-hydrogen) atoms. The molecule has 0 aliphatic heterocycles. The second-order valence-corrected chi connectivity index (χ2v) is 5.21. The molecular weight excluding hydrogens is 300 g/mol. The van der Waals surface area contributed by atoms with Crippen molar-refractivity contribution in [2.75, 3.05) is 0 Å². The maximum Gasteiger partial charge on any atom is 0.170 e. The van der Waals surface area contributed by atoms with Gasteiger partial charge < -0.3 is 30.6 Å². The molecule has 6 nitrogen and oxygen atoms in total. The molecule has 0 heterocycles. The summed E-state index contributed by atoms with van der Waals surface area (Å²) in [6, 6.07) is 8.24. The lowest BCUT2D eigenvalue weighted by Gasteiger charge is -2.17. The molecule has 3 rings (SSSR count). The fourth-order valence-corrected chi connectivity index (χ4v) is 2.65. The molecule has 0 radical (unpaired) electrons. The van der Waals surface area contributed by atoms with E-state index in [1.807, 2.05) is 0 Å². The van der Waals surface area contributed by atoms with Gasteiger partial charge in [0.15, 0.2) is 23.0 Å². The van der Waals surface area contributed by atoms with Gasteiger partial charge in [0, 0.05) is 5.56 Å². The van der Waals surface area contributed by atoms with Crippen LogP contribution in [0.15, 0.2) is 30.3 Å². The van der Waals surface area contributed by atoms with Crippen molar-refractivity contribution in [1.29, 1.82) is 0 Å². The van der Waals surface area contributed by atoms with Gasteiger partial charge in [-0.15, -0.1) is 0 Å². The van der Waals surface area contributed by atoms with Crippen LogP contribution in [0.2, 0.25) is 0 Å². The first-order chi connectivity index (χ1) is 10.9. The van der Waals surface area contributed by atoms with E-state index in [0.717, 1.165) is 0 Å². The Morgan fingerprint density at radius 3 is 1.70 bits per heavy atom. The van der Waals surface area contributed by atoms with E-state index in [2.05, 4.69) is 0 Å². The Labute approximate surface area is 130 Å². The number of phenolic OH excluding ortho intramolecular Hbond substituents is 6. The van der Waals surface area contributed by atoms with Gasteiger partial charge in [-0.2, -0.15) is 0 Å². The summed E-state index contributed by atoms with van der Waals surface area (Å²) in [7, 11) is 0. The number of hydrogen-bond acceptors (Lipinski definition) is 6. The summed E-state index contributed by atoms with van der Waals surface area (Å²) in [5.41, 5.74) is 0.184. The molecule has 6 N–H and O–H groups in total. The molecule has 0 aliphatic rings. The number of benzene rings is 3. The van der Waals surface area contributed by atoms with Gasteiger partial charge in [-0.1, -0.05) is 30.3 Å². The smallest absolute Gasteiger partial charge is 0.170 e. The third-order valence-electron chi connectivity index (χ3n) is 3.89. The molecule has 0 saturated carbocycles. The van der Waals surface area contributed by atoms with Crippen LogP contribution >= 0.6 is 0 Å². The lowest BCUT2D eigenvalue weighted by Crippen LogP contribution is -1.89. The summed E-state index contributed by atoms with van der Waals surface area (Å²) in [5.74, 6) is -3.76. The third-order valence-corrected chi connectivity index (χ3v) is 3.89. The first-order valence-corrected chi connectivity index (χ1v) is 6.75. The zero-order chi connectivity index (χ0) is 16.9. The Kier molecular flexibility index (Phi) is 3.11. The van der Waals surface area contributed by atoms with Crippen LogP contribution in [-0.2, 0) is 0 Å². The second kappa shape index (κ2) is 4.88. The van der Waals surface area contributed by atoms with Crippen molar-refractivity contribution in [2.24, 2.45) is 0 Å². The van der Waals surface area contributed by atoms with Crippen LogP contribution in [0.3, 0.4) is 0 Å². The van der Waals surface area contributed by atoms with Crippen LogP contribution in [-0.4, -0.2) is 30.6 Å². The molecule has 0 bridgehead atoms. The van der Waals surface area contributed by atoms with Crippen molar-refractivity contribution in [2.45, 2.75) is 6.92 Å². The highest BCUT2D eigenvalue weighted by Gasteiger charge is 2.27. The van der Waals surface area contributed by atoms with Crippen molar-refractivity contribution in [3.63, 3.8) is 0 Å². The Balaban J connectivity index is 2.57. The summed E-state index contributed by atoms with van der Waals surface area (Å²) in [5, 5.41) is 60.3. The van der Waals surface area contributed by atoms with Crippen molar-refractivity contribution in [1.82, 2.24) is 0 Å². The first-order valence-electron chi connectivity index (χ1n) is 6.75. The molecule has 118 valence electrons. The van der Waals surface area contributed by atoms with E-state index in [1.165, 1.54) is 6.92 Å². The highest BCUT2D eigenvalue weighted by molar-refractivity contribution is 6.10. The molecule has 0 amide bonds. The summed E-state index contributed by atoms with van der Waals surface area (Å²) in [6.07, 6.45) is 0. The molecule has 3 aromatic carbocycles. The molecule has 0 spiro atoms. The number of hydrogen-bond donors (Lipinski definition) is 6. The molecule has 3 aromatic rings. The van der Waals surface area contributed by atoms with E-state index in [9.17, 15) is 30.6 Å². The maximum atomic E-state index is 10.5. The fourth-order valence-electron chi connectivity index (χ4n) is 2.65. The lowest BCUT2D eigenvalue weighted by atomic mass is 9.94. The summed E-state index contributed by atoms with van der Waals surface area (Å²) in [6.45, 7) is 1.32. The standard InChI is InChI=1S/C17H14O6/c1-7-12(18)10-11(16(22)13(7)19)14(20)9(15(21)17(10)23)8-5-3-2-4-6-8/h2-6,18-23H,1H3. The number of rotatable bonds is 1. The second-order valence-electron chi connectivity index (χ2n) is 5.21. The van der Waals surface area contributed by atoms with E-state index in [0.29, 0.717) is 5.56 Å². The number of phenols is 6. The van der Waals surface area contributed by atoms with Gasteiger partial charge in [0.1, 0.15) is 11.5 Å². The van der Waals surface area contributed by atoms with Gasteiger partial charge in [-0.05, 0) is 12.5 Å². The van der Waals surface area contributed by atoms with Crippen LogP contribution in [0, 0.1) is 6.92 Å². The maximum absolute atomic E-state index is 10.5. The van der Waals surface area contributed by atoms with E-state index >= 15 is 0 Å². The topological polar surface area (TPSA) is 121 Å². The third kappa shape index (κ3) is 1.88. The van der Waals surface area contributed by atoms with E-state index in [-0.39, 0.29) is 21.9 Å². The molecule has 0 aliphatic carbocycles. The predicted molar refractivity (Wildman–Crippen MR) is 84.1 cm³/mol. The molecule has 0 atom stereocenters. The highest BCUT2D eigenvalue weighted by atomic mass is 16.3. The predicted octanol–water partition coefficient (Wildman–Crippen LogP) is 3.05. The average Bonchev–Trinajstić information content (AvgIpc) is 2.55. The van der Waals surface area contributed by atoms with Crippen LogP contribution in [0.5, 0.6) is 34.5 Å². The van der Waals surface area contributed by atoms with E-state index < -0.39 is 34.5 Å². The monoisotopic (exact) mass is 314 g/mol. The minimum absolute atomic E-state index is 0.0865. The van der Waals surface area contributed by atoms with Crippen LogP contribution in [0.25, 0.3) is 21.9 Å². The molecule has 0 fully saturated rings. The van der Waals surface area contributed by atoms with Gasteiger partial charge in [-0.25, -0.2) is 0 Å². The highest BCUT2D eigenvalue weighted by Crippen LogP contribution is 2.57. The summed E-state index contributed by atoms with van der Waals surface area (Å²) >= 11 is 0. The summed E-state index contributed by atoms with van der Waals surface area (Å²) in [4.78, 5) is 0. The van der Waals surface area contributed by atoms with Gasteiger partial charge >= 0.3 is 0 Å². The Bertz CT molecular complexity index is 932.